The second kappa shape index (κ2) is 8.63. The summed E-state index contributed by atoms with van der Waals surface area (Å²) in [6.07, 6.45) is 8.89. The molecule has 1 N–H and O–H groups in total. The monoisotopic (exact) mass is 348 g/mol. The maximum Gasteiger partial charge on any atom is 0.295 e. The van der Waals surface area contributed by atoms with Gasteiger partial charge in [-0.1, -0.05) is 63.8 Å². The van der Waals surface area contributed by atoms with Gasteiger partial charge in [0, 0.05) is 5.39 Å². The van der Waals surface area contributed by atoms with E-state index in [0.717, 1.165) is 43.9 Å². The Hall–Kier alpha value is -1.39. The molecule has 0 heterocycles. The maximum atomic E-state index is 11.7. The van der Waals surface area contributed by atoms with Gasteiger partial charge in [-0.25, -0.2) is 0 Å². The van der Waals surface area contributed by atoms with Crippen LogP contribution < -0.4 is 0 Å². The number of hydrogen-bond acceptors (Lipinski definition) is 2. The smallest absolute Gasteiger partial charge is 0.282 e. The van der Waals surface area contributed by atoms with Gasteiger partial charge >= 0.3 is 0 Å². The summed E-state index contributed by atoms with van der Waals surface area (Å²) in [5.74, 6) is 0. The van der Waals surface area contributed by atoms with Crippen molar-refractivity contribution in [3.63, 3.8) is 0 Å². The molecule has 0 unspecified atom stereocenters. The van der Waals surface area contributed by atoms with Crippen LogP contribution in [0, 0.1) is 0 Å². The largest absolute Gasteiger partial charge is 0.295 e. The van der Waals surface area contributed by atoms with E-state index >= 15 is 0 Å². The molecule has 0 amide bonds. The van der Waals surface area contributed by atoms with E-state index in [0.29, 0.717) is 5.39 Å². The van der Waals surface area contributed by atoms with Crippen molar-refractivity contribution in [2.45, 2.75) is 70.1 Å². The molecule has 0 atom stereocenters. The second-order valence-corrected chi connectivity index (χ2v) is 7.88. The third kappa shape index (κ3) is 4.81. The maximum absolute atomic E-state index is 11.7. The van der Waals surface area contributed by atoms with Crippen LogP contribution in [0.25, 0.3) is 10.8 Å². The van der Waals surface area contributed by atoms with Gasteiger partial charge in [0.25, 0.3) is 10.1 Å². The van der Waals surface area contributed by atoms with Crippen molar-refractivity contribution in [3.05, 3.63) is 41.5 Å². The van der Waals surface area contributed by atoms with Crippen LogP contribution in [0.1, 0.15) is 63.5 Å². The number of unbranched alkanes of at least 4 members (excludes halogenated alkanes) is 4. The summed E-state index contributed by atoms with van der Waals surface area (Å²) >= 11 is 0. The topological polar surface area (TPSA) is 54.4 Å². The summed E-state index contributed by atoms with van der Waals surface area (Å²) < 4.78 is 32.8. The minimum atomic E-state index is -4.21. The third-order valence-corrected chi connectivity index (χ3v) is 5.44. The van der Waals surface area contributed by atoms with Gasteiger partial charge < -0.3 is 0 Å². The van der Waals surface area contributed by atoms with Crippen LogP contribution in [-0.4, -0.2) is 13.0 Å². The second-order valence-electron chi connectivity index (χ2n) is 6.49. The molecular weight excluding hydrogens is 320 g/mol. The minimum absolute atomic E-state index is 0.0110. The van der Waals surface area contributed by atoms with Gasteiger partial charge in [-0.3, -0.25) is 4.55 Å². The Morgan fingerprint density at radius 3 is 2.12 bits per heavy atom. The highest BCUT2D eigenvalue weighted by molar-refractivity contribution is 7.86. The number of rotatable bonds is 9. The van der Waals surface area contributed by atoms with Gasteiger partial charge in [0.15, 0.2) is 0 Å². The lowest BCUT2D eigenvalue weighted by atomic mass is 9.96. The van der Waals surface area contributed by atoms with Crippen molar-refractivity contribution in [2.75, 3.05) is 0 Å². The fraction of sp³-hybridized carbons (Fsp3) is 0.500. The fourth-order valence-electron chi connectivity index (χ4n) is 3.17. The summed E-state index contributed by atoms with van der Waals surface area (Å²) in [5.41, 5.74) is 2.41. The number of fused-ring (bicyclic) bond motifs is 1. The van der Waals surface area contributed by atoms with Gasteiger partial charge in [-0.2, -0.15) is 8.42 Å². The first-order chi connectivity index (χ1) is 11.5. The summed E-state index contributed by atoms with van der Waals surface area (Å²) in [6.45, 7) is 4.36. The van der Waals surface area contributed by atoms with E-state index < -0.39 is 10.1 Å². The zero-order valence-electron chi connectivity index (χ0n) is 14.7. The zero-order chi connectivity index (χ0) is 17.6. The van der Waals surface area contributed by atoms with E-state index in [-0.39, 0.29) is 4.90 Å². The van der Waals surface area contributed by atoms with Crippen molar-refractivity contribution < 1.29 is 13.0 Å². The highest BCUT2D eigenvalue weighted by Crippen LogP contribution is 2.29. The van der Waals surface area contributed by atoms with Crippen LogP contribution in [0.3, 0.4) is 0 Å². The van der Waals surface area contributed by atoms with Crippen LogP contribution in [0.5, 0.6) is 0 Å². The summed E-state index contributed by atoms with van der Waals surface area (Å²) in [4.78, 5) is 0.0110. The Balaban J connectivity index is 2.45. The fourth-order valence-corrected chi connectivity index (χ4v) is 3.87. The molecule has 2 rings (SSSR count). The van der Waals surface area contributed by atoms with E-state index in [1.165, 1.54) is 30.0 Å². The van der Waals surface area contributed by atoms with Gasteiger partial charge in [0.2, 0.25) is 0 Å². The highest BCUT2D eigenvalue weighted by atomic mass is 32.2. The van der Waals surface area contributed by atoms with Crippen LogP contribution in [0.15, 0.2) is 35.2 Å². The molecule has 0 saturated heterocycles. The molecule has 2 aromatic carbocycles. The Labute approximate surface area is 145 Å². The lowest BCUT2D eigenvalue weighted by Gasteiger charge is -2.12. The van der Waals surface area contributed by atoms with Crippen LogP contribution in [0.4, 0.5) is 0 Å². The van der Waals surface area contributed by atoms with Crippen LogP contribution >= 0.6 is 0 Å². The molecule has 3 nitrogen and oxygen atoms in total. The lowest BCUT2D eigenvalue weighted by Crippen LogP contribution is -2.01. The molecule has 4 heteroatoms. The number of hydrogen-bond donors (Lipinski definition) is 1. The molecule has 132 valence electrons. The van der Waals surface area contributed by atoms with Gasteiger partial charge in [0.1, 0.15) is 4.90 Å². The predicted molar refractivity (Wildman–Crippen MR) is 100 cm³/mol. The average Bonchev–Trinajstić information content (AvgIpc) is 2.54. The molecule has 0 bridgehead atoms. The van der Waals surface area contributed by atoms with E-state index in [9.17, 15) is 13.0 Å². The minimum Gasteiger partial charge on any atom is -0.282 e. The number of aryl methyl sites for hydroxylation is 2. The van der Waals surface area contributed by atoms with E-state index in [2.05, 4.69) is 19.9 Å². The normalized spacial score (nSPS) is 12.0. The molecule has 0 aromatic heterocycles. The van der Waals surface area contributed by atoms with Gasteiger partial charge in [-0.15, -0.1) is 0 Å². The summed E-state index contributed by atoms with van der Waals surface area (Å²) in [5, 5.41) is 1.60. The molecule has 0 aliphatic rings. The third-order valence-electron chi connectivity index (χ3n) is 4.53. The standard InChI is InChI=1S/C20H28O3S/c1-3-5-7-9-16-11-13-18-19(15-16)17(10-8-6-4-2)12-14-20(18)24(21,22)23/h11-15H,3-10H2,1-2H3,(H,21,22,23). The SMILES string of the molecule is CCCCCc1ccc2c(S(=O)(=O)O)ccc(CCCCC)c2c1. The predicted octanol–water partition coefficient (Wildman–Crippen LogP) is 5.55. The molecule has 24 heavy (non-hydrogen) atoms. The average molecular weight is 349 g/mol. The molecule has 2 aromatic rings. The van der Waals surface area contributed by atoms with E-state index in [1.54, 1.807) is 0 Å². The lowest BCUT2D eigenvalue weighted by molar-refractivity contribution is 0.484. The van der Waals surface area contributed by atoms with E-state index in [4.69, 9.17) is 0 Å². The van der Waals surface area contributed by atoms with Crippen molar-refractivity contribution in [1.82, 2.24) is 0 Å². The quantitative estimate of drug-likeness (QED) is 0.477. The van der Waals surface area contributed by atoms with Crippen LogP contribution in [0.2, 0.25) is 0 Å². The van der Waals surface area contributed by atoms with Crippen molar-refractivity contribution in [2.24, 2.45) is 0 Å². The molecular formula is C20H28O3S. The molecule has 0 aliphatic heterocycles. The molecule has 0 aliphatic carbocycles. The Kier molecular flexibility index (Phi) is 6.81. The molecule has 0 saturated carbocycles. The zero-order valence-corrected chi connectivity index (χ0v) is 15.5. The van der Waals surface area contributed by atoms with E-state index in [1.807, 2.05) is 18.2 Å². The van der Waals surface area contributed by atoms with Gasteiger partial charge in [0.05, 0.1) is 0 Å². The Bertz CT molecular complexity index is 779. The first-order valence-corrected chi connectivity index (χ1v) is 10.4. The molecule has 0 radical (unpaired) electrons. The summed E-state index contributed by atoms with van der Waals surface area (Å²) in [7, 11) is -4.21. The summed E-state index contributed by atoms with van der Waals surface area (Å²) in [6, 6.07) is 9.35. The highest BCUT2D eigenvalue weighted by Gasteiger charge is 2.16. The van der Waals surface area contributed by atoms with Crippen molar-refractivity contribution in [1.29, 1.82) is 0 Å². The van der Waals surface area contributed by atoms with Crippen molar-refractivity contribution in [3.8, 4) is 0 Å². The van der Waals surface area contributed by atoms with Gasteiger partial charge in [-0.05, 0) is 48.3 Å². The Morgan fingerprint density at radius 1 is 0.833 bits per heavy atom. The number of benzene rings is 2. The molecule has 0 spiro atoms. The Morgan fingerprint density at radius 2 is 1.50 bits per heavy atom. The first-order valence-electron chi connectivity index (χ1n) is 8.99. The van der Waals surface area contributed by atoms with Crippen molar-refractivity contribution >= 4 is 20.9 Å². The first kappa shape index (κ1) is 18.9. The molecule has 0 fully saturated rings. The van der Waals surface area contributed by atoms with Crippen LogP contribution in [-0.2, 0) is 23.0 Å².